The summed E-state index contributed by atoms with van der Waals surface area (Å²) in [5.41, 5.74) is 1.09. The topological polar surface area (TPSA) is 52.6 Å². The summed E-state index contributed by atoms with van der Waals surface area (Å²) in [6, 6.07) is 5.11. The predicted octanol–water partition coefficient (Wildman–Crippen LogP) is 3.99. The van der Waals surface area contributed by atoms with Gasteiger partial charge < -0.3 is 9.16 Å². The fourth-order valence-corrected chi connectivity index (χ4v) is 2.63. The van der Waals surface area contributed by atoms with Crippen LogP contribution in [-0.4, -0.2) is 27.2 Å². The Balaban J connectivity index is 3.14. The molecule has 0 aromatic heterocycles. The molecule has 0 radical (unpaired) electrons. The molecule has 0 saturated carbocycles. The molecule has 0 aliphatic heterocycles. The molecular weight excluding hydrogens is 296 g/mol. The van der Waals surface area contributed by atoms with Crippen molar-refractivity contribution in [1.29, 1.82) is 0 Å². The molecule has 1 aromatic carbocycles. The second-order valence-electron chi connectivity index (χ2n) is 7.05. The lowest BCUT2D eigenvalue weighted by molar-refractivity contribution is -0.116. The van der Waals surface area contributed by atoms with E-state index in [-0.39, 0.29) is 23.2 Å². The van der Waals surface area contributed by atoms with Gasteiger partial charge in [0.25, 0.3) is 8.32 Å². The first-order chi connectivity index (χ1) is 9.98. The molecule has 0 unspecified atom stereocenters. The van der Waals surface area contributed by atoms with Crippen molar-refractivity contribution in [1.82, 2.24) is 0 Å². The van der Waals surface area contributed by atoms with Crippen LogP contribution >= 0.6 is 0 Å². The average molecular weight is 322 g/mol. The fraction of sp³-hybridized carbons (Fsp3) is 0.529. The molecule has 0 aliphatic carbocycles. The maximum atomic E-state index is 12.6. The van der Waals surface area contributed by atoms with E-state index in [1.165, 1.54) is 6.92 Å². The van der Waals surface area contributed by atoms with E-state index in [2.05, 4.69) is 20.8 Å². The highest BCUT2D eigenvalue weighted by atomic mass is 28.4. The minimum Gasteiger partial charge on any atom is -0.516 e. The summed E-state index contributed by atoms with van der Waals surface area (Å²) < 4.78 is 11.0. The number of benzene rings is 1. The van der Waals surface area contributed by atoms with Crippen molar-refractivity contribution in [2.45, 2.75) is 52.2 Å². The van der Waals surface area contributed by atoms with Gasteiger partial charge >= 0.3 is 5.97 Å². The number of Topliss-reactive ketones (excluding diaryl/α,β-unsaturated/α-hetero) is 1. The van der Waals surface area contributed by atoms with Gasteiger partial charge in [0.1, 0.15) is 11.5 Å². The summed E-state index contributed by atoms with van der Waals surface area (Å²) >= 11 is 0. The summed E-state index contributed by atoms with van der Waals surface area (Å²) in [7, 11) is -0.645. The molecule has 0 fully saturated rings. The van der Waals surface area contributed by atoms with Crippen LogP contribution in [0.25, 0.3) is 0 Å². The van der Waals surface area contributed by atoms with Crippen LogP contribution in [0.4, 0.5) is 0 Å². The first kappa shape index (κ1) is 18.4. The van der Waals surface area contributed by atoms with Gasteiger partial charge in [-0.05, 0) is 48.8 Å². The van der Waals surface area contributed by atoms with Crippen molar-refractivity contribution in [2.24, 2.45) is 0 Å². The van der Waals surface area contributed by atoms with E-state index in [4.69, 9.17) is 9.16 Å². The first-order valence-corrected chi connectivity index (χ1v) is 10.3. The van der Waals surface area contributed by atoms with E-state index in [0.717, 1.165) is 0 Å². The largest absolute Gasteiger partial charge is 0.516 e. The van der Waals surface area contributed by atoms with Gasteiger partial charge in [-0.15, -0.1) is 0 Å². The van der Waals surface area contributed by atoms with Crippen LogP contribution in [0.1, 0.15) is 43.6 Å². The SMILES string of the molecule is COc1ccc(C(=O)O[Si](C)(C)C(C)(C)C)c(CC(C)=O)c1. The molecular formula is C17H26O4Si. The molecule has 0 saturated heterocycles. The van der Waals surface area contributed by atoms with E-state index in [9.17, 15) is 9.59 Å². The van der Waals surface area contributed by atoms with Crippen LogP contribution in [0.5, 0.6) is 5.75 Å². The lowest BCUT2D eigenvalue weighted by Gasteiger charge is -2.35. The number of carbonyl (C=O) groups is 2. The van der Waals surface area contributed by atoms with Gasteiger partial charge in [-0.2, -0.15) is 0 Å². The summed E-state index contributed by atoms with van der Waals surface area (Å²) in [5, 5.41) is -0.0597. The van der Waals surface area contributed by atoms with Crippen LogP contribution in [0.3, 0.4) is 0 Å². The molecule has 4 nitrogen and oxygen atoms in total. The second-order valence-corrected chi connectivity index (χ2v) is 11.8. The Hall–Kier alpha value is -1.62. The number of hydrogen-bond acceptors (Lipinski definition) is 4. The van der Waals surface area contributed by atoms with Crippen molar-refractivity contribution in [3.05, 3.63) is 29.3 Å². The third kappa shape index (κ3) is 4.43. The average Bonchev–Trinajstić information content (AvgIpc) is 2.35. The van der Waals surface area contributed by atoms with Crippen molar-refractivity contribution in [3.8, 4) is 5.75 Å². The van der Waals surface area contributed by atoms with Crippen molar-refractivity contribution >= 4 is 20.1 Å². The maximum absolute atomic E-state index is 12.6. The molecule has 0 atom stereocenters. The molecule has 0 heterocycles. The normalized spacial score (nSPS) is 12.0. The van der Waals surface area contributed by atoms with E-state index in [1.54, 1.807) is 25.3 Å². The predicted molar refractivity (Wildman–Crippen MR) is 90.0 cm³/mol. The number of hydrogen-bond donors (Lipinski definition) is 0. The molecule has 5 heteroatoms. The molecule has 1 aromatic rings. The maximum Gasteiger partial charge on any atom is 0.325 e. The molecule has 0 N–H and O–H groups in total. The standard InChI is InChI=1S/C17H26O4Si/c1-12(18)10-13-11-14(20-5)8-9-15(13)16(19)21-22(6,7)17(2,3)4/h8-9,11H,10H2,1-7H3. The van der Waals surface area contributed by atoms with Gasteiger partial charge in [0.05, 0.1) is 12.7 Å². The van der Waals surface area contributed by atoms with Crippen molar-refractivity contribution in [2.75, 3.05) is 7.11 Å². The van der Waals surface area contributed by atoms with Crippen LogP contribution in [-0.2, 0) is 15.6 Å². The molecule has 0 amide bonds. The molecule has 22 heavy (non-hydrogen) atoms. The second kappa shape index (κ2) is 6.65. The Morgan fingerprint density at radius 2 is 1.77 bits per heavy atom. The van der Waals surface area contributed by atoms with E-state index >= 15 is 0 Å². The molecule has 0 bridgehead atoms. The number of ether oxygens (including phenoxy) is 1. The smallest absolute Gasteiger partial charge is 0.325 e. The minimum absolute atomic E-state index is 0.00497. The van der Waals surface area contributed by atoms with Crippen molar-refractivity contribution in [3.63, 3.8) is 0 Å². The highest BCUT2D eigenvalue weighted by Gasteiger charge is 2.40. The monoisotopic (exact) mass is 322 g/mol. The summed E-state index contributed by atoms with van der Waals surface area (Å²) in [5.74, 6) is 0.264. The lowest BCUT2D eigenvalue weighted by Crippen LogP contribution is -2.42. The van der Waals surface area contributed by atoms with E-state index in [1.807, 2.05) is 13.1 Å². The Morgan fingerprint density at radius 3 is 2.23 bits per heavy atom. The van der Waals surface area contributed by atoms with Gasteiger partial charge in [0.15, 0.2) is 0 Å². The quantitative estimate of drug-likeness (QED) is 0.769. The number of ketones is 1. The highest BCUT2D eigenvalue weighted by molar-refractivity contribution is 6.75. The zero-order chi connectivity index (χ0) is 17.1. The van der Waals surface area contributed by atoms with E-state index in [0.29, 0.717) is 16.9 Å². The molecule has 1 rings (SSSR count). The number of carbonyl (C=O) groups excluding carboxylic acids is 2. The Kier molecular flexibility index (Phi) is 5.57. The summed E-state index contributed by atoms with van der Waals surface area (Å²) in [4.78, 5) is 24.0. The summed E-state index contributed by atoms with van der Waals surface area (Å²) in [6.45, 7) is 11.8. The molecule has 0 spiro atoms. The Morgan fingerprint density at radius 1 is 1.18 bits per heavy atom. The zero-order valence-electron chi connectivity index (χ0n) is 14.6. The van der Waals surface area contributed by atoms with Crippen LogP contribution in [0.15, 0.2) is 18.2 Å². The Labute approximate surface area is 134 Å². The number of methoxy groups -OCH3 is 1. The van der Waals surface area contributed by atoms with Crippen LogP contribution in [0, 0.1) is 0 Å². The van der Waals surface area contributed by atoms with Crippen LogP contribution in [0.2, 0.25) is 18.1 Å². The first-order valence-electron chi connectivity index (χ1n) is 7.37. The zero-order valence-corrected chi connectivity index (χ0v) is 15.6. The van der Waals surface area contributed by atoms with Gasteiger partial charge in [-0.25, -0.2) is 4.79 Å². The van der Waals surface area contributed by atoms with Crippen molar-refractivity contribution < 1.29 is 18.8 Å². The van der Waals surface area contributed by atoms with Gasteiger partial charge in [-0.3, -0.25) is 4.79 Å². The Bertz CT molecular complexity index is 571. The lowest BCUT2D eigenvalue weighted by atomic mass is 10.0. The van der Waals surface area contributed by atoms with Gasteiger partial charge in [0.2, 0.25) is 0 Å². The minimum atomic E-state index is -2.20. The molecule has 0 aliphatic rings. The highest BCUT2D eigenvalue weighted by Crippen LogP contribution is 2.37. The third-order valence-corrected chi connectivity index (χ3v) is 8.43. The number of rotatable bonds is 5. The fourth-order valence-electron chi connectivity index (χ4n) is 1.75. The van der Waals surface area contributed by atoms with Crippen LogP contribution < -0.4 is 4.74 Å². The third-order valence-electron chi connectivity index (χ3n) is 4.13. The molecule has 122 valence electrons. The van der Waals surface area contributed by atoms with E-state index < -0.39 is 8.32 Å². The van der Waals surface area contributed by atoms with Gasteiger partial charge in [0, 0.05) is 6.42 Å². The summed E-state index contributed by atoms with van der Waals surface area (Å²) in [6.07, 6.45) is 0.194. The van der Waals surface area contributed by atoms with Gasteiger partial charge in [-0.1, -0.05) is 20.8 Å².